The Bertz CT molecular complexity index is 1040. The van der Waals surface area contributed by atoms with Crippen molar-refractivity contribution < 1.29 is 14.3 Å². The highest BCUT2D eigenvalue weighted by Crippen LogP contribution is 2.10. The first-order valence-electron chi connectivity index (χ1n) is 8.39. The van der Waals surface area contributed by atoms with Gasteiger partial charge in [-0.1, -0.05) is 28.1 Å². The molecule has 1 aromatic heterocycles. The Morgan fingerprint density at radius 2 is 1.96 bits per heavy atom. The number of thiazole rings is 1. The van der Waals surface area contributed by atoms with Gasteiger partial charge in [0.05, 0.1) is 24.3 Å². The zero-order valence-electron chi connectivity index (χ0n) is 15.5. The van der Waals surface area contributed by atoms with Crippen molar-refractivity contribution in [2.45, 2.75) is 6.54 Å². The second-order valence-corrected chi connectivity index (χ2v) is 7.60. The third-order valence-electron chi connectivity index (χ3n) is 3.74. The van der Waals surface area contributed by atoms with Gasteiger partial charge in [0.1, 0.15) is 10.7 Å². The molecule has 0 aliphatic heterocycles. The lowest BCUT2D eigenvalue weighted by Gasteiger charge is -2.04. The average molecular weight is 466 g/mol. The highest BCUT2D eigenvalue weighted by atomic mass is 79.9. The number of amides is 1. The van der Waals surface area contributed by atoms with Crippen LogP contribution in [-0.2, 0) is 20.8 Å². The number of carbonyl (C=O) groups is 1. The SMILES string of the molecule is COCCNC(=O)/C(C#N)=c1\s/c(=C\c2ccc(Br)cc2)c(=O)n1CCOC. The summed E-state index contributed by atoms with van der Waals surface area (Å²) in [5.74, 6) is -0.540. The minimum atomic E-state index is -0.540. The molecule has 0 saturated carbocycles. The van der Waals surface area contributed by atoms with Crippen LogP contribution in [0.5, 0.6) is 0 Å². The molecule has 2 rings (SSSR count). The van der Waals surface area contributed by atoms with E-state index in [1.807, 2.05) is 30.3 Å². The van der Waals surface area contributed by atoms with Crippen LogP contribution >= 0.6 is 27.3 Å². The maximum absolute atomic E-state index is 12.9. The van der Waals surface area contributed by atoms with Gasteiger partial charge in [-0.2, -0.15) is 5.26 Å². The maximum atomic E-state index is 12.9. The number of nitrogens with one attached hydrogen (secondary N) is 1. The topological polar surface area (TPSA) is 93.4 Å². The summed E-state index contributed by atoms with van der Waals surface area (Å²) in [6.45, 7) is 1.12. The molecule has 0 bridgehead atoms. The fraction of sp³-hybridized carbons (Fsp3) is 0.316. The molecule has 0 aliphatic carbocycles. The molecule has 0 spiro atoms. The largest absolute Gasteiger partial charge is 0.383 e. The van der Waals surface area contributed by atoms with Crippen LogP contribution in [0, 0.1) is 11.3 Å². The van der Waals surface area contributed by atoms with Crippen LogP contribution in [0.4, 0.5) is 0 Å². The van der Waals surface area contributed by atoms with Gasteiger partial charge >= 0.3 is 0 Å². The van der Waals surface area contributed by atoms with Crippen LogP contribution < -0.4 is 20.1 Å². The van der Waals surface area contributed by atoms with Crippen molar-refractivity contribution in [3.8, 4) is 6.07 Å². The summed E-state index contributed by atoms with van der Waals surface area (Å²) in [4.78, 5) is 25.3. The minimum Gasteiger partial charge on any atom is -0.383 e. The van der Waals surface area contributed by atoms with Crippen LogP contribution in [0.3, 0.4) is 0 Å². The lowest BCUT2D eigenvalue weighted by molar-refractivity contribution is -0.115. The first-order chi connectivity index (χ1) is 13.5. The lowest BCUT2D eigenvalue weighted by Crippen LogP contribution is -2.36. The normalized spacial score (nSPS) is 12.6. The molecule has 2 aromatic rings. The highest BCUT2D eigenvalue weighted by Gasteiger charge is 2.15. The van der Waals surface area contributed by atoms with Gasteiger partial charge < -0.3 is 14.8 Å². The predicted octanol–water partition coefficient (Wildman–Crippen LogP) is 0.584. The van der Waals surface area contributed by atoms with Gasteiger partial charge in [-0.25, -0.2) is 0 Å². The zero-order valence-corrected chi connectivity index (χ0v) is 17.9. The van der Waals surface area contributed by atoms with Crippen LogP contribution in [0.2, 0.25) is 0 Å². The van der Waals surface area contributed by atoms with Crippen molar-refractivity contribution in [3.05, 3.63) is 53.9 Å². The zero-order chi connectivity index (χ0) is 20.5. The number of halogens is 1. The van der Waals surface area contributed by atoms with Gasteiger partial charge in [-0.05, 0) is 23.8 Å². The van der Waals surface area contributed by atoms with E-state index < -0.39 is 5.91 Å². The van der Waals surface area contributed by atoms with E-state index >= 15 is 0 Å². The Balaban J connectivity index is 2.61. The van der Waals surface area contributed by atoms with Crippen molar-refractivity contribution in [3.63, 3.8) is 0 Å². The quantitative estimate of drug-likeness (QED) is 0.575. The standard InChI is InChI=1S/C19H20BrN3O4S/c1-26-9-7-22-17(24)15(12-21)19-23(8-10-27-2)18(25)16(28-19)11-13-3-5-14(20)6-4-13/h3-6,11H,7-10H2,1-2H3,(H,22,24)/b16-11-,19-15-. The van der Waals surface area contributed by atoms with E-state index in [9.17, 15) is 14.9 Å². The summed E-state index contributed by atoms with van der Waals surface area (Å²) < 4.78 is 13.1. The number of hydrogen-bond acceptors (Lipinski definition) is 6. The third kappa shape index (κ3) is 5.62. The molecule has 28 heavy (non-hydrogen) atoms. The molecule has 0 radical (unpaired) electrons. The lowest BCUT2D eigenvalue weighted by atomic mass is 10.2. The van der Waals surface area contributed by atoms with Crippen molar-refractivity contribution in [2.24, 2.45) is 0 Å². The third-order valence-corrected chi connectivity index (χ3v) is 5.40. The molecule has 7 nitrogen and oxygen atoms in total. The Morgan fingerprint density at radius 1 is 1.29 bits per heavy atom. The first-order valence-corrected chi connectivity index (χ1v) is 10.00. The van der Waals surface area contributed by atoms with E-state index in [-0.39, 0.29) is 30.8 Å². The Hall–Kier alpha value is -2.25. The molecule has 0 aliphatic rings. The molecule has 1 amide bonds. The molecule has 0 atom stereocenters. The van der Waals surface area contributed by atoms with Gasteiger partial charge in [0.2, 0.25) is 0 Å². The number of methoxy groups -OCH3 is 2. The number of aromatic nitrogens is 1. The van der Waals surface area contributed by atoms with Crippen molar-refractivity contribution in [1.82, 2.24) is 9.88 Å². The Morgan fingerprint density at radius 3 is 2.57 bits per heavy atom. The van der Waals surface area contributed by atoms with Gasteiger partial charge in [0, 0.05) is 25.2 Å². The molecule has 0 saturated heterocycles. The van der Waals surface area contributed by atoms with Crippen LogP contribution in [0.1, 0.15) is 5.56 Å². The summed E-state index contributed by atoms with van der Waals surface area (Å²) in [7, 11) is 3.05. The van der Waals surface area contributed by atoms with Gasteiger partial charge in [-0.3, -0.25) is 14.2 Å². The van der Waals surface area contributed by atoms with Crippen LogP contribution in [0.15, 0.2) is 33.5 Å². The van der Waals surface area contributed by atoms with Crippen molar-refractivity contribution in [2.75, 3.05) is 34.0 Å². The number of rotatable bonds is 8. The molecule has 0 unspecified atom stereocenters. The van der Waals surface area contributed by atoms with Gasteiger partial charge in [-0.15, -0.1) is 11.3 Å². The van der Waals surface area contributed by atoms with Gasteiger partial charge in [0.25, 0.3) is 11.5 Å². The predicted molar refractivity (Wildman–Crippen MR) is 111 cm³/mol. The number of nitriles is 1. The Kier molecular flexibility index (Phi) is 8.60. The maximum Gasteiger partial charge on any atom is 0.269 e. The summed E-state index contributed by atoms with van der Waals surface area (Å²) >= 11 is 4.49. The molecule has 1 heterocycles. The summed E-state index contributed by atoms with van der Waals surface area (Å²) in [5, 5.41) is 12.2. The van der Waals surface area contributed by atoms with Crippen LogP contribution in [-0.4, -0.2) is 44.5 Å². The average Bonchev–Trinajstić information content (AvgIpc) is 2.98. The van der Waals surface area contributed by atoms with E-state index in [4.69, 9.17) is 9.47 Å². The second kappa shape index (κ2) is 10.9. The number of hydrogen-bond donors (Lipinski definition) is 1. The monoisotopic (exact) mass is 465 g/mol. The molecule has 1 N–H and O–H groups in total. The highest BCUT2D eigenvalue weighted by molar-refractivity contribution is 9.10. The summed E-state index contributed by atoms with van der Waals surface area (Å²) in [5.41, 5.74) is 0.470. The van der Waals surface area contributed by atoms with E-state index in [1.54, 1.807) is 6.08 Å². The number of ether oxygens (including phenoxy) is 2. The fourth-order valence-corrected chi connectivity index (χ4v) is 3.74. The molecule has 148 valence electrons. The fourth-order valence-electron chi connectivity index (χ4n) is 2.35. The second-order valence-electron chi connectivity index (χ2n) is 5.65. The molecular formula is C19H20BrN3O4S. The number of benzene rings is 1. The van der Waals surface area contributed by atoms with Crippen molar-refractivity contribution in [1.29, 1.82) is 5.26 Å². The first kappa shape index (κ1) is 22.0. The summed E-state index contributed by atoms with van der Waals surface area (Å²) in [6.07, 6.45) is 1.74. The van der Waals surface area contributed by atoms with E-state index in [1.165, 1.54) is 18.8 Å². The van der Waals surface area contributed by atoms with Crippen LogP contribution in [0.25, 0.3) is 11.6 Å². The Labute approximate surface area is 174 Å². The van der Waals surface area contributed by atoms with E-state index in [0.717, 1.165) is 21.4 Å². The van der Waals surface area contributed by atoms with Gasteiger partial charge in [0.15, 0.2) is 5.57 Å². The van der Waals surface area contributed by atoms with Crippen molar-refractivity contribution >= 4 is 44.8 Å². The molecule has 1 aromatic carbocycles. The number of carbonyl (C=O) groups excluding carboxylic acids is 1. The van der Waals surface area contributed by atoms with E-state index in [0.29, 0.717) is 15.8 Å². The number of nitrogens with zero attached hydrogens (tertiary/aromatic N) is 2. The smallest absolute Gasteiger partial charge is 0.269 e. The van der Waals surface area contributed by atoms with E-state index in [2.05, 4.69) is 21.2 Å². The molecular weight excluding hydrogens is 446 g/mol. The molecule has 9 heteroatoms. The minimum absolute atomic E-state index is 0.107. The molecule has 0 fully saturated rings. The summed E-state index contributed by atoms with van der Waals surface area (Å²) in [6, 6.07) is 9.42.